The average molecular weight is 256 g/mol. The maximum atomic E-state index is 5.91. The number of rotatable bonds is 3. The lowest BCUT2D eigenvalue weighted by Crippen LogP contribution is -2.02. The van der Waals surface area contributed by atoms with E-state index in [2.05, 4.69) is 14.5 Å². The standard InChI is InChI=1S/C11H11Cl2N3/c12-4-3-10-15-9-5-7(13)6-14-11(9)16(10)8-1-2-8/h5-6,8H,1-4H2. The number of halogens is 2. The number of hydrogen-bond acceptors (Lipinski definition) is 2. The molecule has 3 rings (SSSR count). The molecule has 5 heteroatoms. The minimum atomic E-state index is 0.567. The maximum absolute atomic E-state index is 5.91. The third-order valence-corrected chi connectivity index (χ3v) is 3.20. The molecule has 1 fully saturated rings. The van der Waals surface area contributed by atoms with Crippen molar-refractivity contribution in [1.29, 1.82) is 0 Å². The van der Waals surface area contributed by atoms with E-state index in [-0.39, 0.29) is 0 Å². The second-order valence-electron chi connectivity index (χ2n) is 4.06. The Balaban J connectivity index is 2.20. The van der Waals surface area contributed by atoms with E-state index in [4.69, 9.17) is 23.2 Å². The van der Waals surface area contributed by atoms with Gasteiger partial charge in [0.25, 0.3) is 0 Å². The summed E-state index contributed by atoms with van der Waals surface area (Å²) in [6.07, 6.45) is 4.89. The third kappa shape index (κ3) is 1.68. The molecular weight excluding hydrogens is 245 g/mol. The highest BCUT2D eigenvalue weighted by molar-refractivity contribution is 6.31. The van der Waals surface area contributed by atoms with Crippen LogP contribution in [0.25, 0.3) is 11.2 Å². The summed E-state index contributed by atoms with van der Waals surface area (Å²) in [5, 5.41) is 0.630. The molecule has 2 aromatic heterocycles. The number of pyridine rings is 1. The van der Waals surface area contributed by atoms with Gasteiger partial charge in [-0.3, -0.25) is 0 Å². The van der Waals surface area contributed by atoms with Crippen molar-refractivity contribution in [2.75, 3.05) is 5.88 Å². The van der Waals surface area contributed by atoms with Gasteiger partial charge in [-0.05, 0) is 18.9 Å². The molecule has 0 aliphatic heterocycles. The highest BCUT2D eigenvalue weighted by Crippen LogP contribution is 2.38. The molecule has 1 aliphatic rings. The van der Waals surface area contributed by atoms with E-state index in [1.165, 1.54) is 12.8 Å². The van der Waals surface area contributed by atoms with Crippen LogP contribution in [0, 0.1) is 0 Å². The van der Waals surface area contributed by atoms with Crippen LogP contribution in [-0.2, 0) is 6.42 Å². The number of fused-ring (bicyclic) bond motifs is 1. The van der Waals surface area contributed by atoms with E-state index >= 15 is 0 Å². The Morgan fingerprint density at radius 1 is 1.44 bits per heavy atom. The summed E-state index contributed by atoms with van der Waals surface area (Å²) >= 11 is 11.7. The van der Waals surface area contributed by atoms with E-state index in [9.17, 15) is 0 Å². The average Bonchev–Trinajstić information content (AvgIpc) is 3.02. The Morgan fingerprint density at radius 3 is 2.94 bits per heavy atom. The van der Waals surface area contributed by atoms with Gasteiger partial charge in [0.15, 0.2) is 5.65 Å². The Morgan fingerprint density at radius 2 is 2.25 bits per heavy atom. The van der Waals surface area contributed by atoms with Crippen molar-refractivity contribution in [2.24, 2.45) is 0 Å². The summed E-state index contributed by atoms with van der Waals surface area (Å²) in [7, 11) is 0. The molecule has 1 aliphatic carbocycles. The molecule has 0 amide bonds. The summed E-state index contributed by atoms with van der Waals surface area (Å²) in [4.78, 5) is 8.93. The second kappa shape index (κ2) is 3.90. The number of nitrogens with zero attached hydrogens (tertiary/aromatic N) is 3. The molecule has 0 radical (unpaired) electrons. The lowest BCUT2D eigenvalue weighted by molar-refractivity contribution is 0.703. The number of imidazole rings is 1. The zero-order chi connectivity index (χ0) is 11.1. The Labute approximate surface area is 103 Å². The zero-order valence-electron chi connectivity index (χ0n) is 8.66. The van der Waals surface area contributed by atoms with Gasteiger partial charge in [0.1, 0.15) is 11.3 Å². The molecule has 0 unspecified atom stereocenters. The predicted molar refractivity (Wildman–Crippen MR) is 65.2 cm³/mol. The normalized spacial score (nSPS) is 15.9. The first-order chi connectivity index (χ1) is 7.79. The van der Waals surface area contributed by atoms with Gasteiger partial charge in [0, 0.05) is 24.5 Å². The van der Waals surface area contributed by atoms with Gasteiger partial charge in [0.2, 0.25) is 0 Å². The molecule has 0 aromatic carbocycles. The first-order valence-electron chi connectivity index (χ1n) is 5.38. The molecule has 1 saturated carbocycles. The summed E-state index contributed by atoms with van der Waals surface area (Å²) < 4.78 is 2.22. The SMILES string of the molecule is ClCCc1nc2cc(Cl)cnc2n1C1CC1. The summed E-state index contributed by atoms with van der Waals surface area (Å²) in [6.45, 7) is 0. The van der Waals surface area contributed by atoms with Crippen LogP contribution in [0.2, 0.25) is 5.02 Å². The molecule has 2 aromatic rings. The smallest absolute Gasteiger partial charge is 0.160 e. The fraction of sp³-hybridized carbons (Fsp3) is 0.455. The predicted octanol–water partition coefficient (Wildman–Crippen LogP) is 3.20. The fourth-order valence-corrected chi connectivity index (χ4v) is 2.30. The van der Waals surface area contributed by atoms with Crippen LogP contribution in [0.1, 0.15) is 24.7 Å². The number of hydrogen-bond donors (Lipinski definition) is 0. The van der Waals surface area contributed by atoms with Crippen LogP contribution in [0.3, 0.4) is 0 Å². The van der Waals surface area contributed by atoms with Crippen molar-refractivity contribution >= 4 is 34.4 Å². The topological polar surface area (TPSA) is 30.7 Å². The van der Waals surface area contributed by atoms with Crippen LogP contribution in [0.4, 0.5) is 0 Å². The lowest BCUT2D eigenvalue weighted by atomic mass is 10.4. The van der Waals surface area contributed by atoms with Gasteiger partial charge < -0.3 is 4.57 Å². The largest absolute Gasteiger partial charge is 0.310 e. The van der Waals surface area contributed by atoms with E-state index in [0.29, 0.717) is 16.9 Å². The first kappa shape index (κ1) is 10.4. The summed E-state index contributed by atoms with van der Waals surface area (Å²) in [6, 6.07) is 2.43. The second-order valence-corrected chi connectivity index (χ2v) is 4.88. The van der Waals surface area contributed by atoms with Crippen LogP contribution >= 0.6 is 23.2 Å². The highest BCUT2D eigenvalue weighted by atomic mass is 35.5. The van der Waals surface area contributed by atoms with Gasteiger partial charge in [0.05, 0.1) is 5.02 Å². The molecular formula is C11H11Cl2N3. The van der Waals surface area contributed by atoms with Crippen LogP contribution in [-0.4, -0.2) is 20.4 Å². The van der Waals surface area contributed by atoms with E-state index < -0.39 is 0 Å². The van der Waals surface area contributed by atoms with E-state index in [1.807, 2.05) is 6.07 Å². The van der Waals surface area contributed by atoms with Gasteiger partial charge in [-0.15, -0.1) is 11.6 Å². The Kier molecular flexibility index (Phi) is 2.52. The van der Waals surface area contributed by atoms with Gasteiger partial charge in [-0.25, -0.2) is 9.97 Å². The summed E-state index contributed by atoms with van der Waals surface area (Å²) in [5.41, 5.74) is 1.81. The first-order valence-corrected chi connectivity index (χ1v) is 6.29. The fourth-order valence-electron chi connectivity index (χ4n) is 1.98. The number of alkyl halides is 1. The quantitative estimate of drug-likeness (QED) is 0.789. The monoisotopic (exact) mass is 255 g/mol. The number of aryl methyl sites for hydroxylation is 1. The molecule has 3 nitrogen and oxygen atoms in total. The van der Waals surface area contributed by atoms with E-state index in [1.54, 1.807) is 6.20 Å². The molecule has 0 saturated heterocycles. The van der Waals surface area contributed by atoms with Crippen molar-refractivity contribution < 1.29 is 0 Å². The third-order valence-electron chi connectivity index (χ3n) is 2.80. The van der Waals surface area contributed by atoms with Crippen molar-refractivity contribution in [2.45, 2.75) is 25.3 Å². The minimum Gasteiger partial charge on any atom is -0.310 e. The maximum Gasteiger partial charge on any atom is 0.160 e. The zero-order valence-corrected chi connectivity index (χ0v) is 10.2. The van der Waals surface area contributed by atoms with Crippen molar-refractivity contribution in [3.8, 4) is 0 Å². The minimum absolute atomic E-state index is 0.567. The number of aromatic nitrogens is 3. The molecule has 0 N–H and O–H groups in total. The molecule has 84 valence electrons. The van der Waals surface area contributed by atoms with Crippen molar-refractivity contribution in [3.63, 3.8) is 0 Å². The Hall–Kier alpha value is -0.800. The van der Waals surface area contributed by atoms with E-state index in [0.717, 1.165) is 23.4 Å². The van der Waals surface area contributed by atoms with Gasteiger partial charge in [-0.2, -0.15) is 0 Å². The highest BCUT2D eigenvalue weighted by Gasteiger charge is 2.28. The van der Waals surface area contributed by atoms with Crippen LogP contribution in [0.5, 0.6) is 0 Å². The molecule has 2 heterocycles. The molecule has 0 spiro atoms. The van der Waals surface area contributed by atoms with Crippen LogP contribution < -0.4 is 0 Å². The van der Waals surface area contributed by atoms with Gasteiger partial charge in [-0.1, -0.05) is 11.6 Å². The molecule has 0 bridgehead atoms. The van der Waals surface area contributed by atoms with Crippen LogP contribution in [0.15, 0.2) is 12.3 Å². The molecule has 0 atom stereocenters. The lowest BCUT2D eigenvalue weighted by Gasteiger charge is -2.04. The summed E-state index contributed by atoms with van der Waals surface area (Å²) in [5.74, 6) is 1.62. The van der Waals surface area contributed by atoms with Crippen molar-refractivity contribution in [1.82, 2.24) is 14.5 Å². The van der Waals surface area contributed by atoms with Gasteiger partial charge >= 0.3 is 0 Å². The van der Waals surface area contributed by atoms with Crippen molar-refractivity contribution in [3.05, 3.63) is 23.1 Å². The molecule has 16 heavy (non-hydrogen) atoms. The Bertz CT molecular complexity index is 531.